The number of nitrogens with zero attached hydrogens (tertiary/aromatic N) is 4. The van der Waals surface area contributed by atoms with Gasteiger partial charge in [-0.2, -0.15) is 5.10 Å². The van der Waals surface area contributed by atoms with Gasteiger partial charge in [-0.1, -0.05) is 18.2 Å². The molecule has 0 radical (unpaired) electrons. The highest BCUT2D eigenvalue weighted by Crippen LogP contribution is 2.24. The number of rotatable bonds is 9. The van der Waals surface area contributed by atoms with Gasteiger partial charge in [0, 0.05) is 45.6 Å². The van der Waals surface area contributed by atoms with Crippen molar-refractivity contribution in [2.75, 3.05) is 47.0 Å². The third kappa shape index (κ3) is 5.58. The van der Waals surface area contributed by atoms with Gasteiger partial charge in [-0.25, -0.2) is 0 Å². The molecule has 0 saturated carbocycles. The predicted molar refractivity (Wildman–Crippen MR) is 112 cm³/mol. The number of carbonyl (C=O) groups is 1. The van der Waals surface area contributed by atoms with Crippen molar-refractivity contribution in [2.24, 2.45) is 13.0 Å². The van der Waals surface area contributed by atoms with Crippen molar-refractivity contribution in [3.8, 4) is 5.75 Å². The van der Waals surface area contributed by atoms with Crippen LogP contribution in [0.2, 0.25) is 0 Å². The first-order valence-corrected chi connectivity index (χ1v) is 10.2. The van der Waals surface area contributed by atoms with E-state index >= 15 is 0 Å². The minimum Gasteiger partial charge on any atom is -0.496 e. The smallest absolute Gasteiger partial charge is 0.272 e. The maximum atomic E-state index is 13.0. The highest BCUT2D eigenvalue weighted by atomic mass is 16.5. The highest BCUT2D eigenvalue weighted by Gasteiger charge is 2.25. The summed E-state index contributed by atoms with van der Waals surface area (Å²) < 4.78 is 12.3. The minimum atomic E-state index is 0.0264. The lowest BCUT2D eigenvalue weighted by Gasteiger charge is -2.35. The van der Waals surface area contributed by atoms with Gasteiger partial charge in [0.15, 0.2) is 0 Å². The lowest BCUT2D eigenvalue weighted by molar-refractivity contribution is 0.0607. The zero-order valence-corrected chi connectivity index (χ0v) is 17.7. The molecular formula is C22H32N4O3. The van der Waals surface area contributed by atoms with Crippen molar-refractivity contribution >= 4 is 5.91 Å². The van der Waals surface area contributed by atoms with Crippen molar-refractivity contribution in [1.29, 1.82) is 0 Å². The van der Waals surface area contributed by atoms with Gasteiger partial charge < -0.3 is 14.4 Å². The fraction of sp³-hybridized carbons (Fsp3) is 0.545. The number of methoxy groups -OCH3 is 2. The first kappa shape index (κ1) is 21.3. The number of benzene rings is 1. The second-order valence-corrected chi connectivity index (χ2v) is 7.62. The van der Waals surface area contributed by atoms with Gasteiger partial charge in [0.05, 0.1) is 13.7 Å². The van der Waals surface area contributed by atoms with Crippen LogP contribution >= 0.6 is 0 Å². The summed E-state index contributed by atoms with van der Waals surface area (Å²) in [7, 11) is 5.19. The first-order chi connectivity index (χ1) is 14.1. The predicted octanol–water partition coefficient (Wildman–Crippen LogP) is 2.43. The minimum absolute atomic E-state index is 0.0264. The molecule has 1 saturated heterocycles. The van der Waals surface area contributed by atoms with Crippen LogP contribution in [0.5, 0.6) is 5.75 Å². The van der Waals surface area contributed by atoms with Crippen LogP contribution in [0, 0.1) is 5.92 Å². The second-order valence-electron chi connectivity index (χ2n) is 7.62. The number of carbonyl (C=O) groups excluding carboxylic acids is 1. The summed E-state index contributed by atoms with van der Waals surface area (Å²) in [5.74, 6) is 1.47. The number of ether oxygens (including phenoxy) is 2. The maximum Gasteiger partial charge on any atom is 0.272 e. The maximum absolute atomic E-state index is 13.0. The summed E-state index contributed by atoms with van der Waals surface area (Å²) in [5.41, 5.74) is 1.84. The molecule has 1 aromatic heterocycles. The Kier molecular flexibility index (Phi) is 7.66. The first-order valence-electron chi connectivity index (χ1n) is 10.2. The third-order valence-corrected chi connectivity index (χ3v) is 5.66. The topological polar surface area (TPSA) is 59.8 Å². The number of likely N-dealkylation sites (tertiary alicyclic amines) is 1. The quantitative estimate of drug-likeness (QED) is 0.647. The molecule has 1 aromatic carbocycles. The van der Waals surface area contributed by atoms with E-state index in [4.69, 9.17) is 9.47 Å². The number of hydrogen-bond donors (Lipinski definition) is 0. The summed E-state index contributed by atoms with van der Waals surface area (Å²) in [4.78, 5) is 17.4. The zero-order chi connectivity index (χ0) is 20.6. The Morgan fingerprint density at radius 3 is 2.62 bits per heavy atom. The molecule has 7 nitrogen and oxygen atoms in total. The van der Waals surface area contributed by atoms with Crippen LogP contribution in [0.25, 0.3) is 0 Å². The van der Waals surface area contributed by atoms with Crippen molar-refractivity contribution in [1.82, 2.24) is 19.6 Å². The molecule has 0 unspecified atom stereocenters. The van der Waals surface area contributed by atoms with Crippen molar-refractivity contribution in [3.63, 3.8) is 0 Å². The fourth-order valence-corrected chi connectivity index (χ4v) is 3.94. The average molecular weight is 401 g/mol. The van der Waals surface area contributed by atoms with E-state index in [-0.39, 0.29) is 5.91 Å². The summed E-state index contributed by atoms with van der Waals surface area (Å²) in [6.07, 6.45) is 3.83. The SMILES string of the molecule is COCCN(CC1CCN(Cc2ccccc2OC)CC1)C(=O)c1ccnn1C. The Bertz CT molecular complexity index is 784. The number of para-hydroxylation sites is 1. The molecule has 0 aliphatic carbocycles. The van der Waals surface area contributed by atoms with E-state index in [1.807, 2.05) is 17.0 Å². The Hall–Kier alpha value is -2.38. The lowest BCUT2D eigenvalue weighted by Crippen LogP contribution is -2.42. The third-order valence-electron chi connectivity index (χ3n) is 5.66. The van der Waals surface area contributed by atoms with E-state index in [1.54, 1.807) is 38.2 Å². The van der Waals surface area contributed by atoms with E-state index in [0.717, 1.165) is 44.8 Å². The van der Waals surface area contributed by atoms with E-state index in [1.165, 1.54) is 5.56 Å². The molecule has 29 heavy (non-hydrogen) atoms. The summed E-state index contributed by atoms with van der Waals surface area (Å²) in [6.45, 7) is 4.85. The van der Waals surface area contributed by atoms with Crippen LogP contribution in [0.15, 0.2) is 36.5 Å². The molecule has 0 bridgehead atoms. The molecular weight excluding hydrogens is 368 g/mol. The standard InChI is InChI=1S/C22H32N4O3/c1-24-20(8-11-23-24)22(27)26(14-15-28-2)16-18-9-12-25(13-10-18)17-19-6-4-5-7-21(19)29-3/h4-8,11,18H,9-10,12-17H2,1-3H3. The van der Waals surface area contributed by atoms with Crippen LogP contribution in [-0.4, -0.2) is 72.5 Å². The van der Waals surface area contributed by atoms with E-state index in [2.05, 4.69) is 22.1 Å². The molecule has 1 aliphatic heterocycles. The average Bonchev–Trinajstić information content (AvgIpc) is 3.18. The molecule has 1 fully saturated rings. The Morgan fingerprint density at radius 2 is 1.97 bits per heavy atom. The highest BCUT2D eigenvalue weighted by molar-refractivity contribution is 5.92. The van der Waals surface area contributed by atoms with Gasteiger partial charge in [-0.3, -0.25) is 14.4 Å². The van der Waals surface area contributed by atoms with E-state index < -0.39 is 0 Å². The van der Waals surface area contributed by atoms with Crippen molar-refractivity contribution in [2.45, 2.75) is 19.4 Å². The Balaban J connectivity index is 1.55. The summed E-state index contributed by atoms with van der Waals surface area (Å²) in [6, 6.07) is 9.98. The molecule has 1 aliphatic rings. The molecule has 1 amide bonds. The molecule has 0 N–H and O–H groups in total. The monoisotopic (exact) mass is 400 g/mol. The van der Waals surface area contributed by atoms with Gasteiger partial charge in [-0.05, 0) is 44.0 Å². The molecule has 2 heterocycles. The fourth-order valence-electron chi connectivity index (χ4n) is 3.94. The van der Waals surface area contributed by atoms with Gasteiger partial charge in [0.2, 0.25) is 0 Å². The van der Waals surface area contributed by atoms with Gasteiger partial charge in [-0.15, -0.1) is 0 Å². The van der Waals surface area contributed by atoms with E-state index in [9.17, 15) is 4.79 Å². The zero-order valence-electron chi connectivity index (χ0n) is 17.7. The molecule has 2 aromatic rings. The van der Waals surface area contributed by atoms with Gasteiger partial charge in [0.1, 0.15) is 11.4 Å². The van der Waals surface area contributed by atoms with Gasteiger partial charge >= 0.3 is 0 Å². The van der Waals surface area contributed by atoms with Crippen LogP contribution in [0.1, 0.15) is 28.9 Å². The number of hydrogen-bond acceptors (Lipinski definition) is 5. The largest absolute Gasteiger partial charge is 0.496 e. The number of aromatic nitrogens is 2. The second kappa shape index (κ2) is 10.4. The lowest BCUT2D eigenvalue weighted by atomic mass is 9.95. The summed E-state index contributed by atoms with van der Waals surface area (Å²) >= 11 is 0. The van der Waals surface area contributed by atoms with Crippen molar-refractivity contribution < 1.29 is 14.3 Å². The molecule has 158 valence electrons. The number of amides is 1. The number of aryl methyl sites for hydroxylation is 1. The Morgan fingerprint density at radius 1 is 1.21 bits per heavy atom. The normalized spacial score (nSPS) is 15.4. The molecule has 7 heteroatoms. The van der Waals surface area contributed by atoms with Crippen LogP contribution in [0.3, 0.4) is 0 Å². The molecule has 0 spiro atoms. The van der Waals surface area contributed by atoms with Crippen LogP contribution in [-0.2, 0) is 18.3 Å². The van der Waals surface area contributed by atoms with Crippen LogP contribution in [0.4, 0.5) is 0 Å². The Labute approximate surface area is 173 Å². The molecule has 0 atom stereocenters. The van der Waals surface area contributed by atoms with E-state index in [0.29, 0.717) is 24.8 Å². The number of piperidine rings is 1. The van der Waals surface area contributed by atoms with Gasteiger partial charge in [0.25, 0.3) is 5.91 Å². The van der Waals surface area contributed by atoms with Crippen LogP contribution < -0.4 is 4.74 Å². The summed E-state index contributed by atoms with van der Waals surface area (Å²) in [5, 5.41) is 4.13. The van der Waals surface area contributed by atoms with Crippen molar-refractivity contribution in [3.05, 3.63) is 47.8 Å². The molecule has 3 rings (SSSR count).